The zero-order valence-corrected chi connectivity index (χ0v) is 12.5. The molecule has 1 aromatic rings. The molecule has 0 bridgehead atoms. The molecule has 0 heterocycles. The monoisotopic (exact) mass is 289 g/mol. The molecule has 1 aromatic carbocycles. The van der Waals surface area contributed by atoms with Gasteiger partial charge in [-0.3, -0.25) is 4.79 Å². The summed E-state index contributed by atoms with van der Waals surface area (Å²) < 4.78 is 13.0. The highest BCUT2D eigenvalue weighted by molar-refractivity contribution is 8.00. The lowest BCUT2D eigenvalue weighted by molar-refractivity contribution is -0.121. The molecule has 1 atom stereocenters. The van der Waals surface area contributed by atoms with Gasteiger partial charge in [0.2, 0.25) is 5.91 Å². The minimum absolute atomic E-state index is 0.0482. The maximum atomic E-state index is 13.0. The summed E-state index contributed by atoms with van der Waals surface area (Å²) in [6.07, 6.45) is 0. The van der Waals surface area contributed by atoms with Gasteiger partial charge >= 0.3 is 0 Å². The first kappa shape index (κ1) is 15.3. The smallest absolute Gasteiger partial charge is 0.233 e. The zero-order valence-electron chi connectivity index (χ0n) is 10.9. The zero-order chi connectivity index (χ0) is 13.9. The second-order valence-electron chi connectivity index (χ2n) is 5.08. The number of halogens is 2. The highest BCUT2D eigenvalue weighted by Gasteiger charge is 2.20. The van der Waals surface area contributed by atoms with Crippen LogP contribution in [0.15, 0.2) is 23.1 Å². The summed E-state index contributed by atoms with van der Waals surface area (Å²) in [5, 5.41) is 2.71. The minimum Gasteiger partial charge on any atom is -0.351 e. The molecule has 1 unspecified atom stereocenters. The van der Waals surface area contributed by atoms with Crippen molar-refractivity contribution in [2.45, 2.75) is 43.4 Å². The standard InChI is InChI=1S/C13H17ClFNOS/c1-8(12(17)16-13(2,3)4)18-9-5-6-11(15)10(14)7-9/h5-8H,1-4H3,(H,16,17). The van der Waals surface area contributed by atoms with E-state index in [2.05, 4.69) is 5.32 Å². The molecule has 0 aliphatic carbocycles. The summed E-state index contributed by atoms with van der Waals surface area (Å²) in [6.45, 7) is 7.59. The fourth-order valence-electron chi connectivity index (χ4n) is 1.28. The van der Waals surface area contributed by atoms with Gasteiger partial charge in [-0.15, -0.1) is 11.8 Å². The Morgan fingerprint density at radius 2 is 2.06 bits per heavy atom. The largest absolute Gasteiger partial charge is 0.351 e. The van der Waals surface area contributed by atoms with Gasteiger partial charge in [-0.1, -0.05) is 11.6 Å². The van der Waals surface area contributed by atoms with Crippen LogP contribution in [0.25, 0.3) is 0 Å². The van der Waals surface area contributed by atoms with Crippen LogP contribution in [0.4, 0.5) is 4.39 Å². The van der Waals surface area contributed by atoms with Crippen LogP contribution in [-0.4, -0.2) is 16.7 Å². The number of carbonyl (C=O) groups excluding carboxylic acids is 1. The Balaban J connectivity index is 2.66. The average molecular weight is 290 g/mol. The van der Waals surface area contributed by atoms with E-state index in [4.69, 9.17) is 11.6 Å². The highest BCUT2D eigenvalue weighted by atomic mass is 35.5. The van der Waals surface area contributed by atoms with Crippen molar-refractivity contribution >= 4 is 29.3 Å². The van der Waals surface area contributed by atoms with Crippen molar-refractivity contribution in [1.29, 1.82) is 0 Å². The van der Waals surface area contributed by atoms with E-state index in [0.29, 0.717) is 0 Å². The molecular weight excluding hydrogens is 273 g/mol. The highest BCUT2D eigenvalue weighted by Crippen LogP contribution is 2.27. The van der Waals surface area contributed by atoms with Gasteiger partial charge in [-0.05, 0) is 45.9 Å². The van der Waals surface area contributed by atoms with Crippen molar-refractivity contribution in [1.82, 2.24) is 5.32 Å². The lowest BCUT2D eigenvalue weighted by Crippen LogP contribution is -2.44. The van der Waals surface area contributed by atoms with E-state index < -0.39 is 5.82 Å². The quantitative estimate of drug-likeness (QED) is 0.856. The number of carbonyl (C=O) groups is 1. The van der Waals surface area contributed by atoms with Gasteiger partial charge in [0.15, 0.2) is 0 Å². The van der Waals surface area contributed by atoms with Gasteiger partial charge < -0.3 is 5.32 Å². The van der Waals surface area contributed by atoms with Crippen molar-refractivity contribution < 1.29 is 9.18 Å². The molecule has 100 valence electrons. The number of thioether (sulfide) groups is 1. The third-order valence-electron chi connectivity index (χ3n) is 2.07. The van der Waals surface area contributed by atoms with E-state index in [9.17, 15) is 9.18 Å². The predicted molar refractivity (Wildman–Crippen MR) is 74.6 cm³/mol. The molecule has 1 amide bonds. The van der Waals surface area contributed by atoms with Crippen LogP contribution in [0.5, 0.6) is 0 Å². The maximum absolute atomic E-state index is 13.0. The van der Waals surface area contributed by atoms with Gasteiger partial charge in [-0.2, -0.15) is 0 Å². The Labute approximate surface area is 116 Å². The molecule has 1 N–H and O–H groups in total. The first-order valence-electron chi connectivity index (χ1n) is 5.63. The summed E-state index contributed by atoms with van der Waals surface area (Å²) in [5.41, 5.74) is -0.258. The SMILES string of the molecule is CC(Sc1ccc(F)c(Cl)c1)C(=O)NC(C)(C)C. The summed E-state index contributed by atoms with van der Waals surface area (Å²) >= 11 is 7.05. The Morgan fingerprint density at radius 3 is 2.56 bits per heavy atom. The molecule has 18 heavy (non-hydrogen) atoms. The molecule has 0 saturated heterocycles. The topological polar surface area (TPSA) is 29.1 Å². The molecule has 2 nitrogen and oxygen atoms in total. The molecule has 0 radical (unpaired) electrons. The van der Waals surface area contributed by atoms with Crippen LogP contribution in [0, 0.1) is 5.82 Å². The Bertz CT molecular complexity index is 445. The summed E-state index contributed by atoms with van der Waals surface area (Å²) in [5.74, 6) is -0.499. The van der Waals surface area contributed by atoms with Crippen LogP contribution >= 0.6 is 23.4 Å². The average Bonchev–Trinajstić information content (AvgIpc) is 2.21. The number of hydrogen-bond donors (Lipinski definition) is 1. The van der Waals surface area contributed by atoms with Crippen molar-refractivity contribution in [2.24, 2.45) is 0 Å². The van der Waals surface area contributed by atoms with Crippen molar-refractivity contribution in [3.63, 3.8) is 0 Å². The number of rotatable bonds is 3. The van der Waals surface area contributed by atoms with E-state index in [-0.39, 0.29) is 21.7 Å². The molecule has 1 rings (SSSR count). The third-order valence-corrected chi connectivity index (χ3v) is 3.45. The second kappa shape index (κ2) is 5.93. The van der Waals surface area contributed by atoms with E-state index >= 15 is 0 Å². The van der Waals surface area contributed by atoms with Gasteiger partial charge in [0.1, 0.15) is 5.82 Å². The number of hydrogen-bond acceptors (Lipinski definition) is 2. The molecule has 0 spiro atoms. The predicted octanol–water partition coefficient (Wildman–Crippen LogP) is 3.87. The van der Waals surface area contributed by atoms with Gasteiger partial charge in [0.25, 0.3) is 0 Å². The van der Waals surface area contributed by atoms with E-state index in [1.165, 1.54) is 23.9 Å². The van der Waals surface area contributed by atoms with Crippen molar-refractivity contribution in [3.8, 4) is 0 Å². The fraction of sp³-hybridized carbons (Fsp3) is 0.462. The van der Waals surface area contributed by atoms with E-state index in [1.54, 1.807) is 6.07 Å². The number of amides is 1. The number of benzene rings is 1. The van der Waals surface area contributed by atoms with Crippen LogP contribution in [0.2, 0.25) is 5.02 Å². The normalized spacial score (nSPS) is 13.2. The minimum atomic E-state index is -0.451. The Morgan fingerprint density at radius 1 is 1.44 bits per heavy atom. The van der Waals surface area contributed by atoms with E-state index in [0.717, 1.165) is 4.90 Å². The molecular formula is C13H17ClFNOS. The summed E-state index contributed by atoms with van der Waals surface area (Å²) in [6, 6.07) is 4.45. The van der Waals surface area contributed by atoms with Crippen LogP contribution in [0.1, 0.15) is 27.7 Å². The maximum Gasteiger partial charge on any atom is 0.233 e. The molecule has 0 fully saturated rings. The number of nitrogens with one attached hydrogen (secondary N) is 1. The molecule has 0 aliphatic heterocycles. The molecule has 0 aromatic heterocycles. The molecule has 5 heteroatoms. The lowest BCUT2D eigenvalue weighted by Gasteiger charge is -2.23. The molecule has 0 aliphatic rings. The molecule has 0 saturated carbocycles. The van der Waals surface area contributed by atoms with Crippen molar-refractivity contribution in [2.75, 3.05) is 0 Å². The first-order chi connectivity index (χ1) is 8.19. The first-order valence-corrected chi connectivity index (χ1v) is 6.88. The van der Waals surface area contributed by atoms with Crippen molar-refractivity contribution in [3.05, 3.63) is 29.0 Å². The second-order valence-corrected chi connectivity index (χ2v) is 6.90. The summed E-state index contributed by atoms with van der Waals surface area (Å²) in [4.78, 5) is 12.7. The van der Waals surface area contributed by atoms with Crippen LogP contribution in [0.3, 0.4) is 0 Å². The van der Waals surface area contributed by atoms with E-state index in [1.807, 2.05) is 27.7 Å². The Hall–Kier alpha value is -0.740. The fourth-order valence-corrected chi connectivity index (χ4v) is 2.43. The van der Waals surface area contributed by atoms with Gasteiger partial charge in [0.05, 0.1) is 10.3 Å². The van der Waals surface area contributed by atoms with Gasteiger partial charge in [-0.25, -0.2) is 4.39 Å². The van der Waals surface area contributed by atoms with Gasteiger partial charge in [0, 0.05) is 10.4 Å². The van der Waals surface area contributed by atoms with Crippen LogP contribution in [-0.2, 0) is 4.79 Å². The third kappa shape index (κ3) is 4.86. The Kier molecular flexibility index (Phi) is 5.05. The van der Waals surface area contributed by atoms with Crippen LogP contribution < -0.4 is 5.32 Å². The summed E-state index contributed by atoms with van der Waals surface area (Å²) in [7, 11) is 0. The lowest BCUT2D eigenvalue weighted by atomic mass is 10.1.